The maximum atomic E-state index is 12.7. The lowest BCUT2D eigenvalue weighted by Crippen LogP contribution is -2.29. The van der Waals surface area contributed by atoms with E-state index in [1.807, 2.05) is 0 Å². The van der Waals surface area contributed by atoms with Gasteiger partial charge in [-0.15, -0.1) is 0 Å². The average molecular weight is 228 g/mol. The molecule has 16 heavy (non-hydrogen) atoms. The first kappa shape index (κ1) is 13.1. The number of benzene rings is 1. The fraction of sp³-hybridized carbons (Fsp3) is 0.500. The highest BCUT2D eigenvalue weighted by atomic mass is 19.1. The van der Waals surface area contributed by atoms with Crippen molar-refractivity contribution in [2.75, 3.05) is 14.2 Å². The highest BCUT2D eigenvalue weighted by Gasteiger charge is 2.27. The molecule has 0 aromatic heterocycles. The van der Waals surface area contributed by atoms with Crippen molar-refractivity contribution < 1.29 is 19.0 Å². The van der Waals surface area contributed by atoms with Crippen molar-refractivity contribution >= 4 is 0 Å². The minimum Gasteiger partial charge on any atom is -0.385 e. The fourth-order valence-electron chi connectivity index (χ4n) is 1.51. The molecule has 1 unspecified atom stereocenters. The molecule has 0 amide bonds. The molecule has 90 valence electrons. The predicted molar refractivity (Wildman–Crippen MR) is 58.4 cm³/mol. The summed E-state index contributed by atoms with van der Waals surface area (Å²) in [6.45, 7) is 1.64. The predicted octanol–water partition coefficient (Wildman–Crippen LogP) is 2.04. The summed E-state index contributed by atoms with van der Waals surface area (Å²) in [6.07, 6.45) is -0.203. The molecule has 1 aromatic rings. The topological polar surface area (TPSA) is 38.7 Å². The molecule has 0 saturated heterocycles. The third-order valence-electron chi connectivity index (χ3n) is 2.56. The SMILES string of the molecule is COC(CC(C)(O)c1ccc(F)cc1)OC. The van der Waals surface area contributed by atoms with Gasteiger partial charge >= 0.3 is 0 Å². The fourth-order valence-corrected chi connectivity index (χ4v) is 1.51. The van der Waals surface area contributed by atoms with Gasteiger partial charge in [-0.3, -0.25) is 0 Å². The first-order valence-electron chi connectivity index (χ1n) is 5.03. The number of ether oxygens (including phenoxy) is 2. The van der Waals surface area contributed by atoms with Crippen LogP contribution in [0.2, 0.25) is 0 Å². The Labute approximate surface area is 94.8 Å². The zero-order chi connectivity index (χ0) is 12.2. The van der Waals surface area contributed by atoms with E-state index in [-0.39, 0.29) is 12.2 Å². The van der Waals surface area contributed by atoms with Crippen LogP contribution in [0.15, 0.2) is 24.3 Å². The maximum absolute atomic E-state index is 12.7. The van der Waals surface area contributed by atoms with Gasteiger partial charge in [-0.05, 0) is 24.6 Å². The van der Waals surface area contributed by atoms with Crippen molar-refractivity contribution in [2.45, 2.75) is 25.2 Å². The van der Waals surface area contributed by atoms with Crippen molar-refractivity contribution in [3.63, 3.8) is 0 Å². The molecule has 0 aliphatic carbocycles. The Bertz CT molecular complexity index is 318. The van der Waals surface area contributed by atoms with Gasteiger partial charge in [0, 0.05) is 20.6 Å². The summed E-state index contributed by atoms with van der Waals surface area (Å²) in [7, 11) is 3.02. The van der Waals surface area contributed by atoms with Crippen molar-refractivity contribution in [1.82, 2.24) is 0 Å². The average Bonchev–Trinajstić information content (AvgIpc) is 2.26. The van der Waals surface area contributed by atoms with Gasteiger partial charge in [-0.1, -0.05) is 12.1 Å². The molecule has 1 aromatic carbocycles. The quantitative estimate of drug-likeness (QED) is 0.784. The van der Waals surface area contributed by atoms with Crippen LogP contribution in [-0.2, 0) is 15.1 Å². The van der Waals surface area contributed by atoms with E-state index in [1.54, 1.807) is 19.1 Å². The van der Waals surface area contributed by atoms with E-state index in [9.17, 15) is 9.50 Å². The Morgan fingerprint density at radius 3 is 2.19 bits per heavy atom. The van der Waals surface area contributed by atoms with E-state index < -0.39 is 11.9 Å². The van der Waals surface area contributed by atoms with Crippen molar-refractivity contribution in [1.29, 1.82) is 0 Å². The minimum absolute atomic E-state index is 0.283. The van der Waals surface area contributed by atoms with E-state index in [4.69, 9.17) is 9.47 Å². The number of methoxy groups -OCH3 is 2. The highest BCUT2D eigenvalue weighted by molar-refractivity contribution is 5.22. The van der Waals surface area contributed by atoms with Crippen LogP contribution in [0.25, 0.3) is 0 Å². The van der Waals surface area contributed by atoms with Crippen LogP contribution in [0.5, 0.6) is 0 Å². The normalized spacial score (nSPS) is 15.1. The summed E-state index contributed by atoms with van der Waals surface area (Å²) >= 11 is 0. The minimum atomic E-state index is -1.11. The molecule has 0 saturated carbocycles. The molecule has 4 heteroatoms. The molecule has 0 fully saturated rings. The molecule has 1 rings (SSSR count). The van der Waals surface area contributed by atoms with Gasteiger partial charge in [0.25, 0.3) is 0 Å². The standard InChI is InChI=1S/C12H17FO3/c1-12(14,8-11(15-2)16-3)9-4-6-10(13)7-5-9/h4-7,11,14H,8H2,1-3H3. The Hall–Kier alpha value is -0.970. The number of halogens is 1. The molecule has 0 heterocycles. The van der Waals surface area contributed by atoms with Gasteiger partial charge in [0.1, 0.15) is 5.82 Å². The Balaban J connectivity index is 2.80. The summed E-state index contributed by atoms with van der Waals surface area (Å²) in [5.74, 6) is -0.324. The molecule has 1 atom stereocenters. The molecule has 1 N–H and O–H groups in total. The molecule has 0 radical (unpaired) electrons. The molecular weight excluding hydrogens is 211 g/mol. The van der Waals surface area contributed by atoms with Crippen LogP contribution in [-0.4, -0.2) is 25.6 Å². The zero-order valence-electron chi connectivity index (χ0n) is 9.74. The van der Waals surface area contributed by atoms with E-state index in [0.29, 0.717) is 5.56 Å². The largest absolute Gasteiger partial charge is 0.385 e. The lowest BCUT2D eigenvalue weighted by atomic mass is 9.92. The van der Waals surface area contributed by atoms with Gasteiger partial charge in [-0.2, -0.15) is 0 Å². The second-order valence-electron chi connectivity index (χ2n) is 3.89. The second kappa shape index (κ2) is 5.39. The third-order valence-corrected chi connectivity index (χ3v) is 2.56. The second-order valence-corrected chi connectivity index (χ2v) is 3.89. The van der Waals surface area contributed by atoms with Gasteiger partial charge in [0.2, 0.25) is 0 Å². The summed E-state index contributed by atoms with van der Waals surface area (Å²) in [5.41, 5.74) is -0.474. The summed E-state index contributed by atoms with van der Waals surface area (Å²) in [4.78, 5) is 0. The molecule has 0 bridgehead atoms. The van der Waals surface area contributed by atoms with E-state index in [0.717, 1.165) is 0 Å². The van der Waals surface area contributed by atoms with Crippen LogP contribution < -0.4 is 0 Å². The number of rotatable bonds is 5. The molecule has 3 nitrogen and oxygen atoms in total. The Morgan fingerprint density at radius 1 is 1.25 bits per heavy atom. The van der Waals surface area contributed by atoms with Gasteiger partial charge in [-0.25, -0.2) is 4.39 Å². The lowest BCUT2D eigenvalue weighted by molar-refractivity contribution is -0.142. The molecule has 0 aliphatic heterocycles. The van der Waals surface area contributed by atoms with Crippen LogP contribution in [0, 0.1) is 5.82 Å². The van der Waals surface area contributed by atoms with Crippen molar-refractivity contribution in [3.8, 4) is 0 Å². The summed E-state index contributed by atoms with van der Waals surface area (Å²) in [6, 6.07) is 5.74. The molecular formula is C12H17FO3. The molecule has 0 spiro atoms. The monoisotopic (exact) mass is 228 g/mol. The maximum Gasteiger partial charge on any atom is 0.159 e. The van der Waals surface area contributed by atoms with Crippen LogP contribution in [0.1, 0.15) is 18.9 Å². The Morgan fingerprint density at radius 2 is 1.75 bits per heavy atom. The first-order valence-corrected chi connectivity index (χ1v) is 5.03. The highest BCUT2D eigenvalue weighted by Crippen LogP contribution is 2.27. The lowest BCUT2D eigenvalue weighted by Gasteiger charge is -2.27. The van der Waals surface area contributed by atoms with E-state index >= 15 is 0 Å². The summed E-state index contributed by atoms with van der Waals surface area (Å²) < 4.78 is 22.8. The van der Waals surface area contributed by atoms with E-state index in [1.165, 1.54) is 26.4 Å². The van der Waals surface area contributed by atoms with E-state index in [2.05, 4.69) is 0 Å². The number of hydrogen-bond acceptors (Lipinski definition) is 3. The Kier molecular flexibility index (Phi) is 4.41. The number of aliphatic hydroxyl groups is 1. The smallest absolute Gasteiger partial charge is 0.159 e. The van der Waals surface area contributed by atoms with Gasteiger partial charge < -0.3 is 14.6 Å². The van der Waals surface area contributed by atoms with Crippen LogP contribution in [0.3, 0.4) is 0 Å². The van der Waals surface area contributed by atoms with Gasteiger partial charge in [0.15, 0.2) is 6.29 Å². The van der Waals surface area contributed by atoms with Crippen molar-refractivity contribution in [2.24, 2.45) is 0 Å². The summed E-state index contributed by atoms with van der Waals surface area (Å²) in [5, 5.41) is 10.2. The van der Waals surface area contributed by atoms with Crippen molar-refractivity contribution in [3.05, 3.63) is 35.6 Å². The molecule has 0 aliphatic rings. The van der Waals surface area contributed by atoms with Crippen LogP contribution >= 0.6 is 0 Å². The third kappa shape index (κ3) is 3.27. The van der Waals surface area contributed by atoms with Crippen LogP contribution in [0.4, 0.5) is 4.39 Å². The van der Waals surface area contributed by atoms with Gasteiger partial charge in [0.05, 0.1) is 5.60 Å². The first-order chi connectivity index (χ1) is 7.49. The number of hydrogen-bond donors (Lipinski definition) is 1. The zero-order valence-corrected chi connectivity index (χ0v) is 9.74.